The smallest absolute Gasteiger partial charge is 0.293 e. The second kappa shape index (κ2) is 14.6. The first-order valence-corrected chi connectivity index (χ1v) is 19.6. The van der Waals surface area contributed by atoms with Crippen LogP contribution in [0.2, 0.25) is 5.02 Å². The first kappa shape index (κ1) is 39.4. The first-order valence-electron chi connectivity index (χ1n) is 17.4. The highest BCUT2D eigenvalue weighted by Gasteiger charge is 2.62. The number of benzene rings is 2. The van der Waals surface area contributed by atoms with Gasteiger partial charge in [0, 0.05) is 49.3 Å². The molecule has 1 fully saturated rings. The molecule has 2 aliphatic carbocycles. The lowest BCUT2D eigenvalue weighted by Gasteiger charge is -2.34. The number of carbonyl (C=O) groups is 1. The van der Waals surface area contributed by atoms with Crippen molar-refractivity contribution in [3.05, 3.63) is 87.3 Å². The Bertz CT molecular complexity index is 2460. The van der Waals surface area contributed by atoms with Crippen molar-refractivity contribution >= 4 is 50.1 Å². The normalized spacial score (nSPS) is 17.8. The lowest BCUT2D eigenvalue weighted by Crippen LogP contribution is -2.36. The minimum absolute atomic E-state index is 0.0687. The van der Waals surface area contributed by atoms with Crippen LogP contribution in [0.15, 0.2) is 42.5 Å². The van der Waals surface area contributed by atoms with Gasteiger partial charge < -0.3 is 15.3 Å². The van der Waals surface area contributed by atoms with Gasteiger partial charge in [-0.05, 0) is 61.1 Å². The lowest BCUT2D eigenvalue weighted by molar-refractivity contribution is -0.123. The van der Waals surface area contributed by atoms with Gasteiger partial charge in [0.05, 0.1) is 40.5 Å². The number of aliphatic hydroxyl groups excluding tert-OH is 1. The van der Waals surface area contributed by atoms with E-state index in [1.54, 1.807) is 37.2 Å². The maximum absolute atomic E-state index is 15.6. The molecule has 0 radical (unpaired) electrons. The van der Waals surface area contributed by atoms with E-state index in [-0.39, 0.29) is 65.5 Å². The van der Waals surface area contributed by atoms with Crippen LogP contribution < -0.4 is 14.9 Å². The largest absolute Gasteiger partial charge is 0.395 e. The molecule has 3 atom stereocenters. The standard InChI is InChI=1S/C36H35ClF6N8O4S/c1-49(10-11-52)26-9-6-20(21-5-8-24(37)29-32(21)50(2)47-35(29)48-56(3,54)55)30(45-26)25(14-17-12-18(38)15-19(39)13-17)44-27(53)16-51-33-28(31(46-51)34(40)41)22-4-7-23(22)36(33,42)43/h5-6,8-9,12-13,15,22-23,25,34,52H,4,7,10-11,14,16H2,1-3H3,(H,44,53)(H,47,48). The number of nitrogens with one attached hydrogen (secondary N) is 2. The monoisotopic (exact) mass is 824 g/mol. The van der Waals surface area contributed by atoms with Crippen molar-refractivity contribution in [2.75, 3.05) is 36.1 Å². The summed E-state index contributed by atoms with van der Waals surface area (Å²) < 4.78 is 117. The molecule has 7 rings (SSSR count). The predicted molar refractivity (Wildman–Crippen MR) is 195 cm³/mol. The third kappa shape index (κ3) is 7.15. The third-order valence-corrected chi connectivity index (χ3v) is 11.1. The zero-order valence-corrected chi connectivity index (χ0v) is 31.6. The number of nitrogens with zero attached hydrogens (tertiary/aromatic N) is 6. The van der Waals surface area contributed by atoms with E-state index in [1.807, 2.05) is 0 Å². The Hall–Kier alpha value is -4.88. The van der Waals surface area contributed by atoms with Gasteiger partial charge >= 0.3 is 0 Å². The average Bonchev–Trinajstić information content (AvgIpc) is 3.65. The number of halogens is 7. The van der Waals surface area contributed by atoms with E-state index in [0.29, 0.717) is 33.2 Å². The van der Waals surface area contributed by atoms with Crippen molar-refractivity contribution in [2.45, 2.75) is 50.1 Å². The number of pyridine rings is 1. The summed E-state index contributed by atoms with van der Waals surface area (Å²) in [6.07, 6.45) is -2.12. The highest BCUT2D eigenvalue weighted by atomic mass is 35.5. The van der Waals surface area contributed by atoms with Gasteiger partial charge in [0.25, 0.3) is 12.3 Å². The average molecular weight is 825 g/mol. The fraction of sp³-hybridized carbons (Fsp3) is 0.389. The van der Waals surface area contributed by atoms with E-state index in [1.165, 1.54) is 10.7 Å². The summed E-state index contributed by atoms with van der Waals surface area (Å²) in [7, 11) is -0.643. The molecule has 0 bridgehead atoms. The van der Waals surface area contributed by atoms with E-state index in [9.17, 15) is 35.9 Å². The number of hydrogen-bond acceptors (Lipinski definition) is 8. The Morgan fingerprint density at radius 3 is 2.39 bits per heavy atom. The van der Waals surface area contributed by atoms with Gasteiger partial charge in [0.15, 0.2) is 5.82 Å². The molecule has 3 unspecified atom stereocenters. The number of hydrogen-bond donors (Lipinski definition) is 3. The summed E-state index contributed by atoms with van der Waals surface area (Å²) in [5, 5.41) is 20.9. The quantitative estimate of drug-likeness (QED) is 0.119. The molecule has 298 valence electrons. The molecule has 20 heteroatoms. The summed E-state index contributed by atoms with van der Waals surface area (Å²) in [6, 6.07) is 7.80. The Kier molecular flexibility index (Phi) is 10.2. The summed E-state index contributed by atoms with van der Waals surface area (Å²) >= 11 is 6.58. The summed E-state index contributed by atoms with van der Waals surface area (Å²) in [4.78, 5) is 20.4. The number of anilines is 2. The fourth-order valence-corrected chi connectivity index (χ4v) is 8.51. The predicted octanol–water partition coefficient (Wildman–Crippen LogP) is 6.20. The number of fused-ring (bicyclic) bond motifs is 4. The highest BCUT2D eigenvalue weighted by molar-refractivity contribution is 7.92. The van der Waals surface area contributed by atoms with Crippen molar-refractivity contribution in [3.8, 4) is 11.1 Å². The number of rotatable bonds is 13. The molecular formula is C36H35ClF6N8O4S. The van der Waals surface area contributed by atoms with Crippen LogP contribution in [-0.2, 0) is 40.8 Å². The fourth-order valence-electron chi connectivity index (χ4n) is 7.78. The molecular weight excluding hydrogens is 790 g/mol. The number of aliphatic hydroxyl groups is 1. The van der Waals surface area contributed by atoms with Gasteiger partial charge in [-0.15, -0.1) is 0 Å². The van der Waals surface area contributed by atoms with Crippen molar-refractivity contribution in [1.82, 2.24) is 29.9 Å². The van der Waals surface area contributed by atoms with E-state index < -0.39 is 75.7 Å². The van der Waals surface area contributed by atoms with Crippen molar-refractivity contribution < 1.29 is 44.7 Å². The molecule has 2 aliphatic rings. The number of amides is 1. The number of sulfonamides is 1. The molecule has 3 heterocycles. The number of carbonyl (C=O) groups excluding carboxylic acids is 1. The molecule has 0 saturated heterocycles. The number of alkyl halides is 4. The summed E-state index contributed by atoms with van der Waals surface area (Å²) in [5.41, 5.74) is -0.593. The van der Waals surface area contributed by atoms with E-state index in [2.05, 4.69) is 20.2 Å². The maximum atomic E-state index is 15.6. The molecule has 12 nitrogen and oxygen atoms in total. The van der Waals surface area contributed by atoms with Crippen LogP contribution in [0.5, 0.6) is 0 Å². The molecule has 2 aromatic carbocycles. The van der Waals surface area contributed by atoms with Crippen molar-refractivity contribution in [1.29, 1.82) is 0 Å². The highest BCUT2D eigenvalue weighted by Crippen LogP contribution is 2.63. The van der Waals surface area contributed by atoms with Gasteiger partial charge in [0.1, 0.15) is 35.4 Å². The summed E-state index contributed by atoms with van der Waals surface area (Å²) in [6.45, 7) is -1.04. The number of likely N-dealkylation sites (N-methyl/N-ethyl adjacent to an activating group) is 1. The van der Waals surface area contributed by atoms with Crippen LogP contribution in [0.3, 0.4) is 0 Å². The molecule has 3 N–H and O–H groups in total. The minimum atomic E-state index is -3.82. The molecule has 1 amide bonds. The van der Waals surface area contributed by atoms with Gasteiger partial charge in [-0.1, -0.05) is 17.7 Å². The van der Waals surface area contributed by atoms with Crippen LogP contribution in [0, 0.1) is 17.6 Å². The van der Waals surface area contributed by atoms with Crippen LogP contribution in [0.25, 0.3) is 22.0 Å². The van der Waals surface area contributed by atoms with Crippen molar-refractivity contribution in [3.63, 3.8) is 0 Å². The summed E-state index contributed by atoms with van der Waals surface area (Å²) in [5.74, 6) is -8.07. The van der Waals surface area contributed by atoms with Crippen LogP contribution in [0.4, 0.5) is 38.0 Å². The Morgan fingerprint density at radius 1 is 1.07 bits per heavy atom. The van der Waals surface area contributed by atoms with Crippen molar-refractivity contribution in [2.24, 2.45) is 13.0 Å². The molecule has 56 heavy (non-hydrogen) atoms. The third-order valence-electron chi connectivity index (χ3n) is 10.2. The maximum Gasteiger partial charge on any atom is 0.293 e. The second-order valence-corrected chi connectivity index (χ2v) is 16.2. The molecule has 1 saturated carbocycles. The molecule has 0 spiro atoms. The second-order valence-electron chi connectivity index (χ2n) is 14.0. The number of aromatic nitrogens is 5. The topological polar surface area (TPSA) is 147 Å². The van der Waals surface area contributed by atoms with Gasteiger partial charge in [-0.25, -0.2) is 31.0 Å². The number of aryl methyl sites for hydroxylation is 1. The Labute approximate surface area is 321 Å². The van der Waals surface area contributed by atoms with E-state index in [4.69, 9.17) is 16.6 Å². The van der Waals surface area contributed by atoms with Crippen LogP contribution in [-0.4, -0.2) is 70.4 Å². The first-order chi connectivity index (χ1) is 26.4. The Morgan fingerprint density at radius 2 is 1.77 bits per heavy atom. The van der Waals surface area contributed by atoms with Gasteiger partial charge in [-0.3, -0.25) is 18.9 Å². The SMILES string of the molecule is CN(CCO)c1ccc(-c2ccc(Cl)c3c(NS(C)(=O)=O)nn(C)c23)c(C(Cc2cc(F)cc(F)c2)NC(=O)Cn2nc(C(F)F)c3c2C(F)(F)C2CCC32)n1. The van der Waals surface area contributed by atoms with Crippen LogP contribution in [0.1, 0.15) is 59.4 Å². The Balaban J connectivity index is 1.38. The lowest BCUT2D eigenvalue weighted by atomic mass is 9.73. The molecule has 5 aromatic rings. The zero-order valence-electron chi connectivity index (χ0n) is 30.0. The molecule has 3 aromatic heterocycles. The van der Waals surface area contributed by atoms with Crippen LogP contribution >= 0.6 is 11.6 Å². The molecule has 0 aliphatic heterocycles. The van der Waals surface area contributed by atoms with E-state index in [0.717, 1.165) is 18.4 Å². The minimum Gasteiger partial charge on any atom is -0.395 e. The zero-order chi connectivity index (χ0) is 40.4. The van der Waals surface area contributed by atoms with Gasteiger partial charge in [0.2, 0.25) is 15.9 Å². The van der Waals surface area contributed by atoms with Gasteiger partial charge in [-0.2, -0.15) is 19.0 Å². The van der Waals surface area contributed by atoms with E-state index >= 15 is 8.78 Å².